The van der Waals surface area contributed by atoms with Crippen LogP contribution in [0.2, 0.25) is 0 Å². The molecule has 0 spiro atoms. The van der Waals surface area contributed by atoms with Gasteiger partial charge in [0.2, 0.25) is 9.84 Å². The minimum Gasteiger partial charge on any atom is -0.366 e. The fraction of sp³-hybridized carbons (Fsp3) is 0.316. The van der Waals surface area contributed by atoms with E-state index in [1.807, 2.05) is 6.92 Å². The lowest BCUT2D eigenvalue weighted by Gasteiger charge is -2.16. The monoisotopic (exact) mass is 398 g/mol. The molecule has 0 unspecified atom stereocenters. The zero-order chi connectivity index (χ0) is 20.4. The van der Waals surface area contributed by atoms with Gasteiger partial charge in [0, 0.05) is 13.6 Å². The van der Waals surface area contributed by atoms with Crippen LogP contribution in [0, 0.1) is 13.8 Å². The first-order valence-electron chi connectivity index (χ1n) is 8.25. The zero-order valence-corrected chi connectivity index (χ0v) is 16.3. The van der Waals surface area contributed by atoms with Crippen molar-refractivity contribution in [3.05, 3.63) is 53.1 Å². The van der Waals surface area contributed by atoms with Gasteiger partial charge in [-0.25, -0.2) is 13.4 Å². The van der Waals surface area contributed by atoms with Gasteiger partial charge in [-0.2, -0.15) is 13.2 Å². The largest absolute Gasteiger partial charge is 0.418 e. The molecule has 0 saturated heterocycles. The molecule has 2 rings (SSSR count). The molecule has 0 radical (unpaired) electrons. The number of aryl methyl sites for hydroxylation is 2. The lowest BCUT2D eigenvalue weighted by Crippen LogP contribution is -2.15. The molecule has 2 aromatic rings. The van der Waals surface area contributed by atoms with Crippen LogP contribution in [-0.4, -0.2) is 33.2 Å². The molecule has 8 heteroatoms. The number of alkyl halides is 3. The number of aliphatic imine (C=N–C) groups is 1. The van der Waals surface area contributed by atoms with E-state index in [0.717, 1.165) is 6.07 Å². The van der Waals surface area contributed by atoms with E-state index in [1.54, 1.807) is 37.1 Å². The van der Waals surface area contributed by atoms with Crippen molar-refractivity contribution in [1.29, 1.82) is 0 Å². The number of nitrogens with zero attached hydrogens (tertiary/aromatic N) is 2. The van der Waals surface area contributed by atoms with Gasteiger partial charge in [-0.1, -0.05) is 18.2 Å². The Morgan fingerprint density at radius 1 is 1.07 bits per heavy atom. The van der Waals surface area contributed by atoms with Crippen LogP contribution in [-0.2, 0) is 16.0 Å². The number of hydrogen-bond donors (Lipinski definition) is 0. The van der Waals surface area contributed by atoms with Gasteiger partial charge in [0.15, 0.2) is 0 Å². The molecule has 0 bridgehead atoms. The zero-order valence-electron chi connectivity index (χ0n) is 15.5. The molecule has 0 saturated carbocycles. The highest BCUT2D eigenvalue weighted by Gasteiger charge is 2.36. The maximum Gasteiger partial charge on any atom is 0.418 e. The summed E-state index contributed by atoms with van der Waals surface area (Å²) in [6, 6.07) is 8.04. The molecule has 0 N–H and O–H groups in total. The predicted molar refractivity (Wildman–Crippen MR) is 99.3 cm³/mol. The summed E-state index contributed by atoms with van der Waals surface area (Å²) in [5.41, 5.74) is -0.722. The van der Waals surface area contributed by atoms with Crippen molar-refractivity contribution >= 4 is 21.9 Å². The average Bonchev–Trinajstić information content (AvgIpc) is 2.58. The van der Waals surface area contributed by atoms with E-state index < -0.39 is 21.6 Å². The number of benzene rings is 2. The lowest BCUT2D eigenvalue weighted by atomic mass is 10.1. The molecule has 0 atom stereocenters. The van der Waals surface area contributed by atoms with Crippen molar-refractivity contribution in [3.63, 3.8) is 0 Å². The number of hydrogen-bond acceptors (Lipinski definition) is 3. The van der Waals surface area contributed by atoms with Crippen LogP contribution in [0.15, 0.2) is 51.2 Å². The summed E-state index contributed by atoms with van der Waals surface area (Å²) in [5, 5.41) is 0. The fourth-order valence-corrected chi connectivity index (χ4v) is 4.26. The van der Waals surface area contributed by atoms with Crippen molar-refractivity contribution in [1.82, 2.24) is 4.90 Å². The van der Waals surface area contributed by atoms with Gasteiger partial charge < -0.3 is 4.90 Å². The van der Waals surface area contributed by atoms with Crippen LogP contribution < -0.4 is 0 Å². The standard InChI is InChI=1S/C19H21F3N2O2S/c1-5-24(4)12-23-16-10-14(3)18(11-15(16)19(20,21)22)27(25,26)17-9-7-6-8-13(17)2/h6-12H,5H2,1-4H3. The molecule has 0 amide bonds. The molecule has 0 aliphatic carbocycles. The van der Waals surface area contributed by atoms with E-state index in [4.69, 9.17) is 0 Å². The van der Waals surface area contributed by atoms with E-state index in [9.17, 15) is 21.6 Å². The van der Waals surface area contributed by atoms with Crippen molar-refractivity contribution < 1.29 is 21.6 Å². The number of rotatable bonds is 5. The Bertz CT molecular complexity index is 967. The summed E-state index contributed by atoms with van der Waals surface area (Å²) in [7, 11) is -2.42. The molecule has 0 heterocycles. The molecular weight excluding hydrogens is 377 g/mol. The summed E-state index contributed by atoms with van der Waals surface area (Å²) >= 11 is 0. The van der Waals surface area contributed by atoms with Gasteiger partial charge in [-0.15, -0.1) is 0 Å². The molecule has 0 fully saturated rings. The van der Waals surface area contributed by atoms with Gasteiger partial charge in [0.25, 0.3) is 0 Å². The third-order valence-corrected chi connectivity index (χ3v) is 6.22. The average molecular weight is 398 g/mol. The first kappa shape index (κ1) is 21.0. The Morgan fingerprint density at radius 3 is 2.26 bits per heavy atom. The topological polar surface area (TPSA) is 49.7 Å². The molecule has 146 valence electrons. The highest BCUT2D eigenvalue weighted by Crippen LogP contribution is 2.40. The van der Waals surface area contributed by atoms with Crippen LogP contribution in [0.4, 0.5) is 18.9 Å². The third-order valence-electron chi connectivity index (χ3n) is 4.16. The third kappa shape index (κ3) is 4.50. The smallest absolute Gasteiger partial charge is 0.366 e. The van der Waals surface area contributed by atoms with Crippen LogP contribution in [0.1, 0.15) is 23.6 Å². The molecule has 0 aromatic heterocycles. The van der Waals surface area contributed by atoms with Crippen molar-refractivity contribution in [2.45, 2.75) is 36.7 Å². The first-order chi connectivity index (χ1) is 12.5. The summed E-state index contributed by atoms with van der Waals surface area (Å²) in [4.78, 5) is 5.14. The molecule has 0 aliphatic heterocycles. The van der Waals surface area contributed by atoms with E-state index in [2.05, 4.69) is 4.99 Å². The Hall–Kier alpha value is -2.35. The van der Waals surface area contributed by atoms with Gasteiger partial charge in [-0.05, 0) is 50.1 Å². The Kier molecular flexibility index (Phi) is 5.99. The van der Waals surface area contributed by atoms with Gasteiger partial charge in [-0.3, -0.25) is 0 Å². The Balaban J connectivity index is 2.70. The summed E-state index contributed by atoms with van der Waals surface area (Å²) in [6.07, 6.45) is -3.44. The quantitative estimate of drug-likeness (QED) is 0.539. The van der Waals surface area contributed by atoms with Gasteiger partial charge in [0.05, 0.1) is 27.4 Å². The second-order valence-electron chi connectivity index (χ2n) is 6.22. The normalized spacial score (nSPS) is 12.6. The van der Waals surface area contributed by atoms with E-state index in [0.29, 0.717) is 18.2 Å². The van der Waals surface area contributed by atoms with Crippen molar-refractivity contribution in [2.24, 2.45) is 4.99 Å². The molecule has 2 aromatic carbocycles. The van der Waals surface area contributed by atoms with E-state index >= 15 is 0 Å². The van der Waals surface area contributed by atoms with Crippen molar-refractivity contribution in [3.8, 4) is 0 Å². The highest BCUT2D eigenvalue weighted by molar-refractivity contribution is 7.91. The number of halogens is 3. The maximum absolute atomic E-state index is 13.6. The summed E-state index contributed by atoms with van der Waals surface area (Å²) < 4.78 is 66.6. The Morgan fingerprint density at radius 2 is 1.70 bits per heavy atom. The first-order valence-corrected chi connectivity index (χ1v) is 9.73. The van der Waals surface area contributed by atoms with E-state index in [1.165, 1.54) is 19.3 Å². The minimum atomic E-state index is -4.73. The predicted octanol–water partition coefficient (Wildman–Crippen LogP) is 4.77. The second-order valence-corrected chi connectivity index (χ2v) is 8.11. The minimum absolute atomic E-state index is 0.0109. The van der Waals surface area contributed by atoms with Gasteiger partial charge in [0.1, 0.15) is 0 Å². The SMILES string of the molecule is CCN(C)C=Nc1cc(C)c(S(=O)(=O)c2ccccc2C)cc1C(F)(F)F. The Labute approximate surface area is 157 Å². The molecule has 0 aliphatic rings. The maximum atomic E-state index is 13.6. The fourth-order valence-electron chi connectivity index (χ4n) is 2.52. The van der Waals surface area contributed by atoms with Crippen LogP contribution >= 0.6 is 0 Å². The molecular formula is C19H21F3N2O2S. The van der Waals surface area contributed by atoms with Crippen LogP contribution in [0.5, 0.6) is 0 Å². The lowest BCUT2D eigenvalue weighted by molar-refractivity contribution is -0.137. The summed E-state index contributed by atoms with van der Waals surface area (Å²) in [6.45, 7) is 5.48. The molecule has 4 nitrogen and oxygen atoms in total. The summed E-state index contributed by atoms with van der Waals surface area (Å²) in [5.74, 6) is 0. The second kappa shape index (κ2) is 7.72. The van der Waals surface area contributed by atoms with E-state index in [-0.39, 0.29) is 21.0 Å². The van der Waals surface area contributed by atoms with Crippen LogP contribution in [0.25, 0.3) is 0 Å². The molecule has 27 heavy (non-hydrogen) atoms. The van der Waals surface area contributed by atoms with Crippen molar-refractivity contribution in [2.75, 3.05) is 13.6 Å². The highest BCUT2D eigenvalue weighted by atomic mass is 32.2. The number of sulfone groups is 1. The van der Waals surface area contributed by atoms with Gasteiger partial charge >= 0.3 is 6.18 Å². The van der Waals surface area contributed by atoms with Crippen LogP contribution in [0.3, 0.4) is 0 Å².